The number of hydrogen-bond donors (Lipinski definition) is 3. The highest BCUT2D eigenvalue weighted by atomic mass is 32.1. The van der Waals surface area contributed by atoms with Gasteiger partial charge in [0.15, 0.2) is 17.4 Å². The second-order valence-corrected chi connectivity index (χ2v) is 9.62. The fraction of sp³-hybridized carbons (Fsp3) is 0.280. The maximum atomic E-state index is 14.9. The third-order valence-corrected chi connectivity index (χ3v) is 6.84. The number of anilines is 4. The highest BCUT2D eigenvalue weighted by Crippen LogP contribution is 2.39. The number of nitrogens with two attached hydrogens (primary N) is 1. The molecule has 3 heterocycles. The molecule has 0 saturated heterocycles. The number of nitrogens with zero attached hydrogens (tertiary/aromatic N) is 3. The summed E-state index contributed by atoms with van der Waals surface area (Å²) in [6.07, 6.45) is 1.09. The summed E-state index contributed by atoms with van der Waals surface area (Å²) in [7, 11) is 0. The molecule has 0 saturated carbocycles. The van der Waals surface area contributed by atoms with Gasteiger partial charge in [0.05, 0.1) is 23.4 Å². The minimum atomic E-state index is -0.633. The summed E-state index contributed by atoms with van der Waals surface area (Å²) in [6.45, 7) is 6.33. The van der Waals surface area contributed by atoms with Gasteiger partial charge in [-0.05, 0) is 55.6 Å². The molecule has 0 spiro atoms. The van der Waals surface area contributed by atoms with Crippen molar-refractivity contribution >= 4 is 43.7 Å². The molecule has 4 N–H and O–H groups in total. The third-order valence-electron chi connectivity index (χ3n) is 5.77. The van der Waals surface area contributed by atoms with Crippen LogP contribution in [0.4, 0.5) is 31.1 Å². The van der Waals surface area contributed by atoms with Gasteiger partial charge >= 0.3 is 0 Å². The largest absolute Gasteiger partial charge is 0.486 e. The van der Waals surface area contributed by atoms with Gasteiger partial charge in [0, 0.05) is 35.1 Å². The lowest BCUT2D eigenvalue weighted by molar-refractivity contribution is 0.287. The van der Waals surface area contributed by atoms with Crippen LogP contribution in [0.25, 0.3) is 21.3 Å². The van der Waals surface area contributed by atoms with Crippen LogP contribution >= 0.6 is 11.3 Å². The first-order chi connectivity index (χ1) is 16.9. The van der Waals surface area contributed by atoms with Gasteiger partial charge in [0.25, 0.3) is 0 Å². The average molecular weight is 497 g/mol. The molecular weight excluding hydrogens is 470 g/mol. The normalized spacial score (nSPS) is 13.1. The average Bonchev–Trinajstić information content (AvgIpc) is 3.25. The summed E-state index contributed by atoms with van der Waals surface area (Å²) in [4.78, 5) is 10.5. The molecule has 0 unspecified atom stereocenters. The predicted octanol–water partition coefficient (Wildman–Crippen LogP) is 5.36. The first kappa shape index (κ1) is 23.3. The highest BCUT2D eigenvalue weighted by Gasteiger charge is 2.25. The molecule has 1 aliphatic rings. The topological polar surface area (TPSA) is 88.3 Å². The van der Waals surface area contributed by atoms with Crippen molar-refractivity contribution in [1.82, 2.24) is 9.97 Å². The lowest BCUT2D eigenvalue weighted by atomic mass is 10.1. The van der Waals surface area contributed by atoms with Gasteiger partial charge in [-0.3, -0.25) is 0 Å². The smallest absolute Gasteiger partial charge is 0.227 e. The fourth-order valence-corrected chi connectivity index (χ4v) is 5.11. The second kappa shape index (κ2) is 9.63. The van der Waals surface area contributed by atoms with E-state index in [2.05, 4.69) is 26.7 Å². The number of ether oxygens (including phenoxy) is 1. The quantitative estimate of drug-likeness (QED) is 0.318. The number of fused-ring (bicyclic) bond motifs is 2. The minimum absolute atomic E-state index is 0.0170. The molecule has 10 heteroatoms. The van der Waals surface area contributed by atoms with Crippen molar-refractivity contribution < 1.29 is 13.5 Å². The molecule has 1 aliphatic heterocycles. The summed E-state index contributed by atoms with van der Waals surface area (Å²) in [5.74, 6) is -0.776. The van der Waals surface area contributed by atoms with Crippen molar-refractivity contribution in [2.24, 2.45) is 5.73 Å². The standard InChI is InChI=1S/C25H26F2N6OS/c1-14(2)33-7-8-34-24-18(26)10-16(11-20(24)33)23-19(27)13-30-25(32-23)31-17-3-4-21-15(9-17)12-22(35-21)29-6-5-28/h3-4,9-14,29H,5-8,28H2,1-2H3,(H,30,31,32). The van der Waals surface area contributed by atoms with Crippen molar-refractivity contribution in [3.63, 3.8) is 0 Å². The molecule has 182 valence electrons. The Labute approximate surface area is 205 Å². The van der Waals surface area contributed by atoms with Crippen LogP contribution in [0.1, 0.15) is 13.8 Å². The Morgan fingerprint density at radius 1 is 1.17 bits per heavy atom. The van der Waals surface area contributed by atoms with E-state index >= 15 is 0 Å². The molecule has 0 radical (unpaired) electrons. The van der Waals surface area contributed by atoms with Crippen molar-refractivity contribution in [1.29, 1.82) is 0 Å². The van der Waals surface area contributed by atoms with E-state index in [9.17, 15) is 8.78 Å². The lowest BCUT2D eigenvalue weighted by Crippen LogP contribution is -2.38. The predicted molar refractivity (Wildman–Crippen MR) is 138 cm³/mol. The molecule has 4 aromatic rings. The summed E-state index contributed by atoms with van der Waals surface area (Å²) in [5.41, 5.74) is 7.26. The number of aromatic nitrogens is 2. The minimum Gasteiger partial charge on any atom is -0.486 e. The second-order valence-electron chi connectivity index (χ2n) is 8.54. The number of thiophene rings is 1. The van der Waals surface area contributed by atoms with Gasteiger partial charge in [0.2, 0.25) is 5.95 Å². The summed E-state index contributed by atoms with van der Waals surface area (Å²) >= 11 is 1.64. The zero-order valence-corrected chi connectivity index (χ0v) is 20.3. The summed E-state index contributed by atoms with van der Waals surface area (Å²) < 4.78 is 36.4. The number of rotatable bonds is 7. The molecule has 5 rings (SSSR count). The molecule has 0 bridgehead atoms. The van der Waals surface area contributed by atoms with E-state index in [1.807, 2.05) is 36.9 Å². The van der Waals surface area contributed by atoms with Gasteiger partial charge in [-0.2, -0.15) is 0 Å². The molecule has 35 heavy (non-hydrogen) atoms. The van der Waals surface area contributed by atoms with Crippen molar-refractivity contribution in [2.45, 2.75) is 19.9 Å². The van der Waals surface area contributed by atoms with Crippen LogP contribution in [-0.4, -0.2) is 42.3 Å². The highest BCUT2D eigenvalue weighted by molar-refractivity contribution is 7.22. The Hall–Kier alpha value is -3.50. The Kier molecular flexibility index (Phi) is 6.40. The van der Waals surface area contributed by atoms with E-state index < -0.39 is 11.6 Å². The van der Waals surface area contributed by atoms with E-state index in [0.717, 1.165) is 27.0 Å². The van der Waals surface area contributed by atoms with E-state index in [0.29, 0.717) is 37.5 Å². The van der Waals surface area contributed by atoms with Crippen LogP contribution < -0.4 is 26.0 Å². The van der Waals surface area contributed by atoms with Crippen LogP contribution in [0, 0.1) is 11.6 Å². The Morgan fingerprint density at radius 3 is 2.83 bits per heavy atom. The van der Waals surface area contributed by atoms with Crippen LogP contribution in [-0.2, 0) is 0 Å². The fourth-order valence-electron chi connectivity index (χ4n) is 4.14. The molecule has 0 atom stereocenters. The SMILES string of the molecule is CC(C)N1CCOc2c(F)cc(-c3nc(Nc4ccc5sc(NCCN)cc5c4)ncc3F)cc21. The zero-order chi connectivity index (χ0) is 24.5. The third kappa shape index (κ3) is 4.71. The maximum Gasteiger partial charge on any atom is 0.227 e. The lowest BCUT2D eigenvalue weighted by Gasteiger charge is -2.34. The number of halogens is 2. The van der Waals surface area contributed by atoms with Gasteiger partial charge in [-0.15, -0.1) is 11.3 Å². The molecule has 2 aromatic heterocycles. The van der Waals surface area contributed by atoms with Crippen molar-refractivity contribution in [3.8, 4) is 17.0 Å². The van der Waals surface area contributed by atoms with Crippen molar-refractivity contribution in [3.05, 3.63) is 54.2 Å². The summed E-state index contributed by atoms with van der Waals surface area (Å²) in [6, 6.07) is 11.1. The van der Waals surface area contributed by atoms with Crippen LogP contribution in [0.3, 0.4) is 0 Å². The molecule has 7 nitrogen and oxygen atoms in total. The Bertz CT molecular complexity index is 1380. The van der Waals surface area contributed by atoms with Gasteiger partial charge in [-0.25, -0.2) is 18.7 Å². The monoisotopic (exact) mass is 496 g/mol. The Balaban J connectivity index is 1.46. The first-order valence-electron chi connectivity index (χ1n) is 11.4. The van der Waals surface area contributed by atoms with Crippen molar-refractivity contribution in [2.75, 3.05) is 41.8 Å². The van der Waals surface area contributed by atoms with E-state index in [1.54, 1.807) is 17.4 Å². The van der Waals surface area contributed by atoms with Crippen LogP contribution in [0.15, 0.2) is 42.6 Å². The zero-order valence-electron chi connectivity index (χ0n) is 19.4. The van der Waals surface area contributed by atoms with Gasteiger partial charge in [-0.1, -0.05) is 0 Å². The number of benzene rings is 2. The number of nitrogens with one attached hydrogen (secondary N) is 2. The van der Waals surface area contributed by atoms with Crippen LogP contribution in [0.2, 0.25) is 0 Å². The maximum absolute atomic E-state index is 14.9. The molecular formula is C25H26F2N6OS. The molecule has 0 aliphatic carbocycles. The van der Waals surface area contributed by atoms with Gasteiger partial charge in [0.1, 0.15) is 12.3 Å². The molecule has 0 amide bonds. The number of hydrogen-bond acceptors (Lipinski definition) is 8. The van der Waals surface area contributed by atoms with Crippen LogP contribution in [0.5, 0.6) is 5.75 Å². The first-order valence-corrected chi connectivity index (χ1v) is 12.2. The molecule has 2 aromatic carbocycles. The van der Waals surface area contributed by atoms with E-state index in [1.165, 1.54) is 6.07 Å². The van der Waals surface area contributed by atoms with Gasteiger partial charge < -0.3 is 26.0 Å². The molecule has 0 fully saturated rings. The summed E-state index contributed by atoms with van der Waals surface area (Å²) in [5, 5.41) is 8.51. The Morgan fingerprint density at radius 2 is 2.03 bits per heavy atom. The van der Waals surface area contributed by atoms with E-state index in [-0.39, 0.29) is 23.4 Å². The van der Waals surface area contributed by atoms with E-state index in [4.69, 9.17) is 10.5 Å².